The summed E-state index contributed by atoms with van der Waals surface area (Å²) in [6, 6.07) is 10.8. The van der Waals surface area contributed by atoms with Crippen molar-refractivity contribution in [2.24, 2.45) is 0 Å². The molecule has 1 aliphatic carbocycles. The van der Waals surface area contributed by atoms with Crippen LogP contribution in [0.1, 0.15) is 51.9 Å². The largest absolute Gasteiger partial charge is 0.308 e. The number of hydrogen-bond donors (Lipinski definition) is 0. The van der Waals surface area contributed by atoms with Gasteiger partial charge in [0.05, 0.1) is 6.04 Å². The highest BCUT2D eigenvalue weighted by Crippen LogP contribution is 2.33. The Kier molecular flexibility index (Phi) is 6.18. The Morgan fingerprint density at radius 2 is 1.88 bits per heavy atom. The molecule has 3 unspecified atom stereocenters. The van der Waals surface area contributed by atoms with Gasteiger partial charge in [0.1, 0.15) is 0 Å². The summed E-state index contributed by atoms with van der Waals surface area (Å²) in [4.78, 5) is 17.5. The molecule has 2 fully saturated rings. The van der Waals surface area contributed by atoms with Crippen LogP contribution in [0.2, 0.25) is 0 Å². The summed E-state index contributed by atoms with van der Waals surface area (Å²) in [6.45, 7) is 4.26. The Bertz CT molecular complexity index is 530. The molecule has 1 amide bonds. The van der Waals surface area contributed by atoms with E-state index in [0.717, 1.165) is 44.5 Å². The Balaban J connectivity index is 1.93. The zero-order chi connectivity index (χ0) is 16.9. The predicted molar refractivity (Wildman–Crippen MR) is 101 cm³/mol. The zero-order valence-corrected chi connectivity index (χ0v) is 15.4. The maximum atomic E-state index is 12.8. The lowest BCUT2D eigenvalue weighted by atomic mass is 9.98. The Morgan fingerprint density at radius 1 is 1.17 bits per heavy atom. The summed E-state index contributed by atoms with van der Waals surface area (Å²) in [5.74, 6) is 0.225. The number of alkyl halides is 1. The van der Waals surface area contributed by atoms with Crippen LogP contribution in [0.3, 0.4) is 0 Å². The molecule has 1 saturated carbocycles. The molecule has 0 N–H and O–H groups in total. The molecule has 2 aliphatic rings. The van der Waals surface area contributed by atoms with Gasteiger partial charge in [-0.05, 0) is 63.7 Å². The number of benzene rings is 1. The fourth-order valence-electron chi connectivity index (χ4n) is 4.32. The van der Waals surface area contributed by atoms with Crippen molar-refractivity contribution in [1.29, 1.82) is 0 Å². The number of para-hydroxylation sites is 1. The van der Waals surface area contributed by atoms with Crippen LogP contribution < -0.4 is 4.90 Å². The second-order valence-electron chi connectivity index (χ2n) is 7.09. The lowest BCUT2D eigenvalue weighted by Crippen LogP contribution is -2.53. The van der Waals surface area contributed by atoms with Crippen LogP contribution >= 0.6 is 11.6 Å². The minimum absolute atomic E-state index is 0.225. The molecule has 24 heavy (non-hydrogen) atoms. The lowest BCUT2D eigenvalue weighted by Gasteiger charge is -2.40. The summed E-state index contributed by atoms with van der Waals surface area (Å²) in [5, 5.41) is 0.231. The molecule has 1 saturated heterocycles. The van der Waals surface area contributed by atoms with E-state index < -0.39 is 0 Å². The van der Waals surface area contributed by atoms with Crippen molar-refractivity contribution < 1.29 is 4.79 Å². The van der Waals surface area contributed by atoms with Crippen molar-refractivity contribution in [2.45, 2.75) is 69.3 Å². The Labute approximate surface area is 151 Å². The molecular formula is C20H29ClN2O. The summed E-state index contributed by atoms with van der Waals surface area (Å²) in [6.07, 6.45) is 7.28. The van der Waals surface area contributed by atoms with Gasteiger partial charge in [0.2, 0.25) is 5.91 Å². The van der Waals surface area contributed by atoms with E-state index in [2.05, 4.69) is 21.9 Å². The molecule has 0 bridgehead atoms. The van der Waals surface area contributed by atoms with Crippen LogP contribution in [0.4, 0.5) is 5.69 Å². The fraction of sp³-hybridized carbons (Fsp3) is 0.650. The topological polar surface area (TPSA) is 23.6 Å². The maximum Gasteiger partial charge on any atom is 0.227 e. The summed E-state index contributed by atoms with van der Waals surface area (Å²) in [7, 11) is 0. The minimum atomic E-state index is 0.225. The van der Waals surface area contributed by atoms with E-state index in [9.17, 15) is 4.79 Å². The standard InChI is InChI=1S/C20H29ClN2O/c1-2-20(24)23(17-10-4-3-5-11-17)18-12-8-9-16(21)15-19(18)22-13-6-7-14-22/h3-5,10-11,16,18-19H,2,6-9,12-15H2,1H3. The second-order valence-corrected chi connectivity index (χ2v) is 7.71. The summed E-state index contributed by atoms with van der Waals surface area (Å²) >= 11 is 6.59. The minimum Gasteiger partial charge on any atom is -0.308 e. The number of hydrogen-bond acceptors (Lipinski definition) is 2. The van der Waals surface area contributed by atoms with Gasteiger partial charge >= 0.3 is 0 Å². The molecule has 132 valence electrons. The SMILES string of the molecule is CCC(=O)N(c1ccccc1)C1CCCC(Cl)CC1N1CCCC1. The number of carbonyl (C=O) groups excluding carboxylic acids is 1. The van der Waals surface area contributed by atoms with Gasteiger partial charge in [-0.25, -0.2) is 0 Å². The first-order chi connectivity index (χ1) is 11.7. The quantitative estimate of drug-likeness (QED) is 0.593. The third kappa shape index (κ3) is 3.94. The number of halogens is 1. The molecule has 3 nitrogen and oxygen atoms in total. The zero-order valence-electron chi connectivity index (χ0n) is 14.7. The van der Waals surface area contributed by atoms with Crippen LogP contribution in [0.5, 0.6) is 0 Å². The monoisotopic (exact) mass is 348 g/mol. The normalized spacial score (nSPS) is 28.5. The number of amides is 1. The van der Waals surface area contributed by atoms with E-state index in [0.29, 0.717) is 12.5 Å². The van der Waals surface area contributed by atoms with Gasteiger partial charge < -0.3 is 4.90 Å². The average Bonchev–Trinajstić information content (AvgIpc) is 3.07. The van der Waals surface area contributed by atoms with Crippen molar-refractivity contribution in [2.75, 3.05) is 18.0 Å². The predicted octanol–water partition coefficient (Wildman–Crippen LogP) is 4.44. The third-order valence-electron chi connectivity index (χ3n) is 5.51. The van der Waals surface area contributed by atoms with E-state index in [1.165, 1.54) is 12.8 Å². The Morgan fingerprint density at radius 3 is 2.54 bits per heavy atom. The maximum absolute atomic E-state index is 12.8. The smallest absolute Gasteiger partial charge is 0.227 e. The van der Waals surface area contributed by atoms with Crippen molar-refractivity contribution in [3.63, 3.8) is 0 Å². The molecule has 1 aromatic rings. The van der Waals surface area contributed by atoms with Gasteiger partial charge in [0.25, 0.3) is 0 Å². The van der Waals surface area contributed by atoms with Gasteiger partial charge in [-0.1, -0.05) is 25.1 Å². The molecule has 0 radical (unpaired) electrons. The fourth-order valence-corrected chi connectivity index (χ4v) is 4.66. The van der Waals surface area contributed by atoms with E-state index in [-0.39, 0.29) is 17.3 Å². The molecule has 0 aromatic heterocycles. The van der Waals surface area contributed by atoms with Crippen LogP contribution in [-0.4, -0.2) is 41.4 Å². The highest BCUT2D eigenvalue weighted by molar-refractivity contribution is 6.20. The number of carbonyl (C=O) groups is 1. The van der Waals surface area contributed by atoms with Gasteiger partial charge in [-0.3, -0.25) is 9.69 Å². The molecule has 1 aromatic carbocycles. The third-order valence-corrected chi connectivity index (χ3v) is 5.90. The molecule has 1 heterocycles. The first-order valence-electron chi connectivity index (χ1n) is 9.46. The second kappa shape index (κ2) is 8.35. The van der Waals surface area contributed by atoms with Gasteiger partial charge in [0.15, 0.2) is 0 Å². The highest BCUT2D eigenvalue weighted by atomic mass is 35.5. The molecule has 4 heteroatoms. The molecule has 3 atom stereocenters. The molecular weight excluding hydrogens is 320 g/mol. The molecule has 3 rings (SSSR count). The highest BCUT2D eigenvalue weighted by Gasteiger charge is 2.38. The number of rotatable bonds is 4. The number of likely N-dealkylation sites (tertiary alicyclic amines) is 1. The summed E-state index contributed by atoms with van der Waals surface area (Å²) < 4.78 is 0. The van der Waals surface area contributed by atoms with E-state index in [4.69, 9.17) is 11.6 Å². The number of nitrogens with zero attached hydrogens (tertiary/aromatic N) is 2. The van der Waals surface area contributed by atoms with Gasteiger partial charge in [-0.2, -0.15) is 0 Å². The average molecular weight is 349 g/mol. The van der Waals surface area contributed by atoms with E-state index >= 15 is 0 Å². The molecule has 1 aliphatic heterocycles. The van der Waals surface area contributed by atoms with Crippen LogP contribution in [0.15, 0.2) is 30.3 Å². The first kappa shape index (κ1) is 17.8. The van der Waals surface area contributed by atoms with Crippen LogP contribution in [0, 0.1) is 0 Å². The van der Waals surface area contributed by atoms with Crippen LogP contribution in [-0.2, 0) is 4.79 Å². The summed E-state index contributed by atoms with van der Waals surface area (Å²) in [5.41, 5.74) is 1.03. The van der Waals surface area contributed by atoms with Crippen LogP contribution in [0.25, 0.3) is 0 Å². The first-order valence-corrected chi connectivity index (χ1v) is 9.89. The van der Waals surface area contributed by atoms with Crippen molar-refractivity contribution >= 4 is 23.2 Å². The van der Waals surface area contributed by atoms with E-state index in [1.807, 2.05) is 25.1 Å². The van der Waals surface area contributed by atoms with Gasteiger partial charge in [-0.15, -0.1) is 11.6 Å². The van der Waals surface area contributed by atoms with Crippen molar-refractivity contribution in [1.82, 2.24) is 4.90 Å². The van der Waals surface area contributed by atoms with E-state index in [1.54, 1.807) is 0 Å². The van der Waals surface area contributed by atoms with Gasteiger partial charge in [0, 0.05) is 23.5 Å². The molecule has 0 spiro atoms. The lowest BCUT2D eigenvalue weighted by molar-refractivity contribution is -0.119. The van der Waals surface area contributed by atoms with Crippen molar-refractivity contribution in [3.05, 3.63) is 30.3 Å². The van der Waals surface area contributed by atoms with Crippen molar-refractivity contribution in [3.8, 4) is 0 Å². The number of anilines is 1. The Hall–Kier alpha value is -1.06.